The molecule has 0 fully saturated rings. The first-order valence-corrected chi connectivity index (χ1v) is 1.88. The van der Waals surface area contributed by atoms with E-state index in [1.165, 1.54) is 6.41 Å². The molecule has 1 amide bonds. The number of hydrogen-bond acceptors (Lipinski definition) is 2. The third-order valence-electron chi connectivity index (χ3n) is 0.570. The average molecular weight is 190 g/mol. The maximum absolute atomic E-state index is 9.57. The van der Waals surface area contributed by atoms with Gasteiger partial charge in [-0.15, -0.1) is 6.54 Å². The summed E-state index contributed by atoms with van der Waals surface area (Å²) < 4.78 is 0. The molecule has 0 bridgehead atoms. The zero-order valence-corrected chi connectivity index (χ0v) is 7.34. The summed E-state index contributed by atoms with van der Waals surface area (Å²) in [5.41, 5.74) is 0. The third-order valence-corrected chi connectivity index (χ3v) is 0.570. The molecule has 0 aromatic rings. The molecule has 0 saturated carbocycles. The SMILES string of the molecule is [CH2-]CN([C-]=O)CO.[Y]. The Kier molecular flexibility index (Phi) is 10.7. The summed E-state index contributed by atoms with van der Waals surface area (Å²) in [6.07, 6.45) is 1.47. The van der Waals surface area contributed by atoms with Gasteiger partial charge in [0, 0.05) is 32.7 Å². The normalized spacial score (nSPS) is 7.25. The second-order valence-corrected chi connectivity index (χ2v) is 0.996. The largest absolute Gasteiger partial charge is 0.522 e. The summed E-state index contributed by atoms with van der Waals surface area (Å²) in [5.74, 6) is 0. The molecule has 0 aliphatic heterocycles. The number of hydrogen-bond donors (Lipinski definition) is 1. The van der Waals surface area contributed by atoms with Gasteiger partial charge in [-0.1, -0.05) is 0 Å². The van der Waals surface area contributed by atoms with Gasteiger partial charge in [0.15, 0.2) is 0 Å². The fourth-order valence-corrected chi connectivity index (χ4v) is 0.145. The van der Waals surface area contributed by atoms with Crippen molar-refractivity contribution in [3.63, 3.8) is 0 Å². The van der Waals surface area contributed by atoms with Crippen LogP contribution in [0.3, 0.4) is 0 Å². The molecule has 0 spiro atoms. The summed E-state index contributed by atoms with van der Waals surface area (Å²) in [4.78, 5) is 10.6. The molecule has 1 radical (unpaired) electrons. The van der Waals surface area contributed by atoms with Crippen LogP contribution in [0.25, 0.3) is 0 Å². The molecule has 0 saturated heterocycles. The molecule has 45 valence electrons. The van der Waals surface area contributed by atoms with Crippen LogP contribution in [0, 0.1) is 6.92 Å². The number of aliphatic hydroxyl groups is 1. The zero-order valence-electron chi connectivity index (χ0n) is 4.50. The molecule has 0 aromatic heterocycles. The van der Waals surface area contributed by atoms with Crippen LogP contribution in [0.4, 0.5) is 0 Å². The molecule has 4 heteroatoms. The fourth-order valence-electron chi connectivity index (χ4n) is 0.145. The Morgan fingerprint density at radius 1 is 1.75 bits per heavy atom. The molecule has 8 heavy (non-hydrogen) atoms. The summed E-state index contributed by atoms with van der Waals surface area (Å²) in [6, 6.07) is 0. The zero-order chi connectivity index (χ0) is 5.70. The molecular formula is C4H7NO2Y-2. The molecule has 0 rings (SSSR count). The van der Waals surface area contributed by atoms with Crippen LogP contribution in [-0.2, 0) is 37.5 Å². The molecule has 0 heterocycles. The van der Waals surface area contributed by atoms with E-state index in [1.54, 1.807) is 0 Å². The number of rotatable bonds is 3. The first-order valence-electron chi connectivity index (χ1n) is 1.88. The van der Waals surface area contributed by atoms with Gasteiger partial charge >= 0.3 is 0 Å². The van der Waals surface area contributed by atoms with Crippen LogP contribution < -0.4 is 0 Å². The van der Waals surface area contributed by atoms with Crippen molar-refractivity contribution in [3.05, 3.63) is 6.92 Å². The van der Waals surface area contributed by atoms with Gasteiger partial charge < -0.3 is 21.7 Å². The monoisotopic (exact) mass is 190 g/mol. The van der Waals surface area contributed by atoms with Gasteiger partial charge in [0.25, 0.3) is 0 Å². The van der Waals surface area contributed by atoms with Gasteiger partial charge in [-0.3, -0.25) is 0 Å². The number of nitrogens with zero attached hydrogens (tertiary/aromatic N) is 1. The first kappa shape index (κ1) is 11.3. The van der Waals surface area contributed by atoms with Crippen molar-refractivity contribution in [2.45, 2.75) is 0 Å². The van der Waals surface area contributed by atoms with Gasteiger partial charge in [-0.25, -0.2) is 0 Å². The fraction of sp³-hybridized carbons (Fsp3) is 0.500. The molecule has 0 atom stereocenters. The van der Waals surface area contributed by atoms with E-state index in [1.807, 2.05) is 0 Å². The second-order valence-electron chi connectivity index (χ2n) is 0.996. The molecule has 0 aliphatic rings. The van der Waals surface area contributed by atoms with E-state index in [-0.39, 0.29) is 46.0 Å². The maximum atomic E-state index is 9.57. The predicted molar refractivity (Wildman–Crippen MR) is 24.8 cm³/mol. The van der Waals surface area contributed by atoms with E-state index in [0.29, 0.717) is 0 Å². The van der Waals surface area contributed by atoms with E-state index < -0.39 is 0 Å². The minimum Gasteiger partial charge on any atom is -0.522 e. The van der Waals surface area contributed by atoms with Crippen molar-refractivity contribution in [3.8, 4) is 0 Å². The Morgan fingerprint density at radius 3 is 2.25 bits per heavy atom. The van der Waals surface area contributed by atoms with Crippen LogP contribution >= 0.6 is 0 Å². The van der Waals surface area contributed by atoms with Crippen molar-refractivity contribution in [1.29, 1.82) is 0 Å². The second kappa shape index (κ2) is 7.53. The topological polar surface area (TPSA) is 40.5 Å². The van der Waals surface area contributed by atoms with Crippen LogP contribution in [0.5, 0.6) is 0 Å². The Hall–Kier alpha value is 0.534. The van der Waals surface area contributed by atoms with E-state index >= 15 is 0 Å². The Bertz CT molecular complexity index is 56.0. The number of carbonyl (C=O) groups excluding carboxylic acids is 1. The van der Waals surface area contributed by atoms with Crippen LogP contribution in [0.2, 0.25) is 0 Å². The van der Waals surface area contributed by atoms with E-state index in [9.17, 15) is 4.79 Å². The summed E-state index contributed by atoms with van der Waals surface area (Å²) >= 11 is 0. The third kappa shape index (κ3) is 4.69. The van der Waals surface area contributed by atoms with Gasteiger partial charge in [-0.05, 0) is 0 Å². The van der Waals surface area contributed by atoms with Gasteiger partial charge in [0.1, 0.15) is 0 Å². The van der Waals surface area contributed by atoms with Crippen LogP contribution in [-0.4, -0.2) is 29.7 Å². The molecule has 1 N–H and O–H groups in total. The Labute approximate surface area is 73.9 Å². The molecule has 0 unspecified atom stereocenters. The van der Waals surface area contributed by atoms with Gasteiger partial charge in [0.05, 0.1) is 6.73 Å². The molecule has 0 aromatic carbocycles. The minimum absolute atomic E-state index is 0. The van der Waals surface area contributed by atoms with Crippen LogP contribution in [0.15, 0.2) is 0 Å². The van der Waals surface area contributed by atoms with Crippen LogP contribution in [0.1, 0.15) is 0 Å². The summed E-state index contributed by atoms with van der Waals surface area (Å²) in [6.45, 7) is 3.30. The first-order chi connectivity index (χ1) is 3.35. The Balaban J connectivity index is 0. The number of amides is 1. The molecule has 3 nitrogen and oxygen atoms in total. The standard InChI is InChI=1S/C4H7NO2.Y/c1-2-5(3-6)4-7;/h6H,1-3H2;/q-2;. The van der Waals surface area contributed by atoms with E-state index in [4.69, 9.17) is 5.11 Å². The smallest absolute Gasteiger partial charge is 0.0859 e. The van der Waals surface area contributed by atoms with E-state index in [0.717, 1.165) is 4.90 Å². The Morgan fingerprint density at radius 2 is 2.25 bits per heavy atom. The maximum Gasteiger partial charge on any atom is 0.0859 e. The average Bonchev–Trinajstić information content (AvgIpc) is 1.72. The van der Waals surface area contributed by atoms with Gasteiger partial charge in [-0.2, -0.15) is 6.41 Å². The van der Waals surface area contributed by atoms with Crippen molar-refractivity contribution in [2.75, 3.05) is 13.3 Å². The minimum atomic E-state index is -0.299. The summed E-state index contributed by atoms with van der Waals surface area (Å²) in [7, 11) is 0. The van der Waals surface area contributed by atoms with Gasteiger partial charge in [0.2, 0.25) is 0 Å². The predicted octanol–water partition coefficient (Wildman–Crippen LogP) is -0.863. The molecular weight excluding hydrogens is 183 g/mol. The van der Waals surface area contributed by atoms with Crippen molar-refractivity contribution >= 4 is 6.41 Å². The summed E-state index contributed by atoms with van der Waals surface area (Å²) in [5, 5.41) is 8.15. The van der Waals surface area contributed by atoms with Crippen molar-refractivity contribution in [1.82, 2.24) is 4.90 Å². The quantitative estimate of drug-likeness (QED) is 0.357. The van der Waals surface area contributed by atoms with Crippen molar-refractivity contribution in [2.24, 2.45) is 0 Å². The number of aliphatic hydroxyl groups excluding tert-OH is 1. The van der Waals surface area contributed by atoms with Crippen molar-refractivity contribution < 1.29 is 42.6 Å². The van der Waals surface area contributed by atoms with E-state index in [2.05, 4.69) is 6.92 Å². The molecule has 0 aliphatic carbocycles.